The lowest BCUT2D eigenvalue weighted by Gasteiger charge is -2.36. The normalized spacial score (nSPS) is 21.9. The van der Waals surface area contributed by atoms with Gasteiger partial charge in [-0.25, -0.2) is 0 Å². The molecule has 0 amide bonds. The van der Waals surface area contributed by atoms with Crippen LogP contribution in [0.4, 0.5) is 0 Å². The van der Waals surface area contributed by atoms with Crippen LogP contribution in [-0.4, -0.2) is 26.4 Å². The second kappa shape index (κ2) is 4.95. The van der Waals surface area contributed by atoms with Gasteiger partial charge in [-0.1, -0.05) is 46.0 Å². The summed E-state index contributed by atoms with van der Waals surface area (Å²) in [5, 5.41) is 0.352. The minimum Gasteiger partial charge on any atom is -0.399 e. The second-order valence-corrected chi connectivity index (χ2v) is 15.4. The predicted molar refractivity (Wildman–Crippen MR) is 96.9 cm³/mol. The van der Waals surface area contributed by atoms with Gasteiger partial charge in [-0.05, 0) is 37.2 Å². The van der Waals surface area contributed by atoms with E-state index < -0.39 is 8.07 Å². The van der Waals surface area contributed by atoms with Crippen molar-refractivity contribution in [3.05, 3.63) is 12.1 Å². The zero-order valence-electron chi connectivity index (χ0n) is 15.0. The Morgan fingerprint density at radius 1 is 1.00 bits per heavy atom. The Balaban J connectivity index is 2.27. The summed E-state index contributed by atoms with van der Waals surface area (Å²) in [6.45, 7) is 20.4. The molecule has 0 aromatic carbocycles. The van der Waals surface area contributed by atoms with Crippen molar-refractivity contribution in [3.63, 3.8) is 0 Å². The first-order valence-electron chi connectivity index (χ1n) is 7.74. The standard InChI is InChI=1S/C16H29BO2SSi/c1-14(2,3)21(8,9)13-11-10-12(20-13)17-18-15(4,5)16(6,7)19-17/h10-11H,1-9H3. The number of hydrogen-bond donors (Lipinski definition) is 0. The summed E-state index contributed by atoms with van der Waals surface area (Å²) in [7, 11) is -1.70. The molecular weight excluding hydrogens is 295 g/mol. The Kier molecular flexibility index (Phi) is 4.07. The van der Waals surface area contributed by atoms with Crippen molar-refractivity contribution in [3.8, 4) is 0 Å². The maximum absolute atomic E-state index is 6.17. The van der Waals surface area contributed by atoms with Crippen LogP contribution in [0.5, 0.6) is 0 Å². The lowest BCUT2D eigenvalue weighted by molar-refractivity contribution is 0.00578. The fourth-order valence-electron chi connectivity index (χ4n) is 2.14. The van der Waals surface area contributed by atoms with Gasteiger partial charge in [0.05, 0.1) is 19.3 Å². The van der Waals surface area contributed by atoms with Crippen LogP contribution >= 0.6 is 11.3 Å². The predicted octanol–water partition coefficient (Wildman–Crippen LogP) is 3.76. The first-order valence-corrected chi connectivity index (χ1v) is 11.6. The summed E-state index contributed by atoms with van der Waals surface area (Å²) in [6, 6.07) is 4.49. The smallest absolute Gasteiger partial charge is 0.399 e. The van der Waals surface area contributed by atoms with Gasteiger partial charge in [0, 0.05) is 4.78 Å². The zero-order chi connectivity index (χ0) is 16.3. The highest BCUT2D eigenvalue weighted by Gasteiger charge is 2.52. The van der Waals surface area contributed by atoms with Crippen LogP contribution in [-0.2, 0) is 9.31 Å². The molecule has 0 saturated carbocycles. The van der Waals surface area contributed by atoms with Crippen LogP contribution in [0.1, 0.15) is 48.5 Å². The monoisotopic (exact) mass is 324 g/mol. The molecule has 0 aliphatic carbocycles. The molecule has 1 aliphatic heterocycles. The van der Waals surface area contributed by atoms with E-state index in [1.54, 1.807) is 0 Å². The summed E-state index contributed by atoms with van der Waals surface area (Å²) in [6.07, 6.45) is 0. The average molecular weight is 324 g/mol. The topological polar surface area (TPSA) is 18.5 Å². The summed E-state index contributed by atoms with van der Waals surface area (Å²) in [4.78, 5) is 0. The number of thiophene rings is 1. The lowest BCUT2D eigenvalue weighted by atomic mass is 9.88. The highest BCUT2D eigenvalue weighted by molar-refractivity contribution is 7.33. The lowest BCUT2D eigenvalue weighted by Crippen LogP contribution is -2.48. The molecule has 0 spiro atoms. The molecule has 2 heterocycles. The molecule has 0 N–H and O–H groups in total. The molecule has 2 rings (SSSR count). The molecule has 0 unspecified atom stereocenters. The third kappa shape index (κ3) is 2.90. The SMILES string of the molecule is CC1(C)OB(c2ccc([Si](C)(C)C(C)(C)C)s2)OC1(C)C. The van der Waals surface area contributed by atoms with Crippen LogP contribution in [0.15, 0.2) is 12.1 Å². The van der Waals surface area contributed by atoms with Crippen LogP contribution in [0, 0.1) is 0 Å². The molecule has 1 aromatic heterocycles. The van der Waals surface area contributed by atoms with Gasteiger partial charge < -0.3 is 9.31 Å². The molecule has 118 valence electrons. The summed E-state index contributed by atoms with van der Waals surface area (Å²) in [5.41, 5.74) is -0.530. The van der Waals surface area contributed by atoms with Crippen molar-refractivity contribution in [2.75, 3.05) is 0 Å². The third-order valence-corrected chi connectivity index (χ3v) is 13.5. The Hall–Kier alpha value is -0.0982. The molecule has 1 aliphatic rings. The summed E-state index contributed by atoms with van der Waals surface area (Å²) < 4.78 is 15.1. The summed E-state index contributed by atoms with van der Waals surface area (Å²) >= 11 is 1.88. The van der Waals surface area contributed by atoms with Crippen molar-refractivity contribution in [1.29, 1.82) is 0 Å². The molecular formula is C16H29BO2SSi. The quantitative estimate of drug-likeness (QED) is 0.771. The Bertz CT molecular complexity index is 513. The molecule has 21 heavy (non-hydrogen) atoms. The first kappa shape index (κ1) is 17.3. The molecule has 0 radical (unpaired) electrons. The van der Waals surface area contributed by atoms with Crippen LogP contribution < -0.4 is 9.28 Å². The van der Waals surface area contributed by atoms with E-state index in [1.165, 1.54) is 9.28 Å². The highest BCUT2D eigenvalue weighted by atomic mass is 32.1. The van der Waals surface area contributed by atoms with Crippen LogP contribution in [0.25, 0.3) is 0 Å². The maximum Gasteiger partial charge on any atom is 0.505 e. The fraction of sp³-hybridized carbons (Fsp3) is 0.750. The number of rotatable bonds is 2. The Morgan fingerprint density at radius 2 is 1.48 bits per heavy atom. The molecule has 0 atom stereocenters. The first-order chi connectivity index (χ1) is 9.28. The Labute approximate surface area is 135 Å². The van der Waals surface area contributed by atoms with Crippen molar-refractivity contribution in [2.45, 2.75) is 77.8 Å². The molecule has 1 saturated heterocycles. The van der Waals surface area contributed by atoms with E-state index in [4.69, 9.17) is 9.31 Å². The van der Waals surface area contributed by atoms with E-state index in [2.05, 4.69) is 73.7 Å². The third-order valence-electron chi connectivity index (χ3n) is 5.60. The average Bonchev–Trinajstić information content (AvgIpc) is 2.81. The highest BCUT2D eigenvalue weighted by Crippen LogP contribution is 2.38. The van der Waals surface area contributed by atoms with Gasteiger partial charge in [-0.2, -0.15) is 11.3 Å². The summed E-state index contributed by atoms with van der Waals surface area (Å²) in [5.74, 6) is 0. The Morgan fingerprint density at radius 3 is 1.90 bits per heavy atom. The molecule has 2 nitrogen and oxygen atoms in total. The van der Waals surface area contributed by atoms with E-state index in [0.717, 1.165) is 0 Å². The van der Waals surface area contributed by atoms with Crippen LogP contribution in [0.3, 0.4) is 0 Å². The van der Waals surface area contributed by atoms with Gasteiger partial charge in [0.25, 0.3) is 0 Å². The van der Waals surface area contributed by atoms with Gasteiger partial charge in [0.1, 0.15) is 0 Å². The van der Waals surface area contributed by atoms with Gasteiger partial charge in [0.2, 0.25) is 0 Å². The second-order valence-electron chi connectivity index (χ2n) is 8.67. The van der Waals surface area contributed by atoms with Crippen molar-refractivity contribution < 1.29 is 9.31 Å². The molecule has 5 heteroatoms. The van der Waals surface area contributed by atoms with E-state index >= 15 is 0 Å². The van der Waals surface area contributed by atoms with Crippen molar-refractivity contribution in [2.24, 2.45) is 0 Å². The van der Waals surface area contributed by atoms with E-state index in [9.17, 15) is 0 Å². The van der Waals surface area contributed by atoms with Gasteiger partial charge in [-0.3, -0.25) is 0 Å². The molecule has 0 bridgehead atoms. The van der Waals surface area contributed by atoms with Gasteiger partial charge in [0.15, 0.2) is 0 Å². The van der Waals surface area contributed by atoms with Crippen LogP contribution in [0.2, 0.25) is 18.1 Å². The van der Waals surface area contributed by atoms with Crippen molar-refractivity contribution in [1.82, 2.24) is 0 Å². The van der Waals surface area contributed by atoms with E-state index in [0.29, 0.717) is 5.04 Å². The fourth-order valence-corrected chi connectivity index (χ4v) is 6.39. The molecule has 1 fully saturated rings. The van der Waals surface area contributed by atoms with Gasteiger partial charge >= 0.3 is 7.12 Å². The minimum atomic E-state index is -1.48. The minimum absolute atomic E-state index is 0.224. The van der Waals surface area contributed by atoms with Gasteiger partial charge in [-0.15, -0.1) is 0 Å². The van der Waals surface area contributed by atoms with E-state index in [-0.39, 0.29) is 18.3 Å². The largest absolute Gasteiger partial charge is 0.505 e. The zero-order valence-corrected chi connectivity index (χ0v) is 16.8. The van der Waals surface area contributed by atoms with E-state index in [1.807, 2.05) is 11.3 Å². The molecule has 1 aromatic rings. The maximum atomic E-state index is 6.17. The number of hydrogen-bond acceptors (Lipinski definition) is 3. The van der Waals surface area contributed by atoms with Crippen molar-refractivity contribution >= 4 is 35.8 Å².